The standard InChI is InChI=1S/C19H19NO3/c1-11(21)12-10-13-16(23-18(12)22)8-9-20-15-7-5-4-6-14(15)19(2,3)17(13)20/h4-7,10,16H,8-9H2,1-3H3. The van der Waals surface area contributed by atoms with Crippen molar-refractivity contribution in [3.63, 3.8) is 0 Å². The van der Waals surface area contributed by atoms with E-state index in [0.717, 1.165) is 24.2 Å². The summed E-state index contributed by atoms with van der Waals surface area (Å²) in [6, 6.07) is 8.39. The Bertz CT molecular complexity index is 801. The zero-order valence-electron chi connectivity index (χ0n) is 13.6. The van der Waals surface area contributed by atoms with Crippen molar-refractivity contribution in [3.8, 4) is 0 Å². The predicted molar refractivity (Wildman–Crippen MR) is 87.1 cm³/mol. The summed E-state index contributed by atoms with van der Waals surface area (Å²) >= 11 is 0. The second-order valence-electron chi connectivity index (χ2n) is 6.89. The Labute approximate surface area is 135 Å². The van der Waals surface area contributed by atoms with Crippen LogP contribution in [-0.4, -0.2) is 24.4 Å². The van der Waals surface area contributed by atoms with E-state index in [0.29, 0.717) is 0 Å². The van der Waals surface area contributed by atoms with Crippen LogP contribution in [0.3, 0.4) is 0 Å². The molecular formula is C19H19NO3. The minimum atomic E-state index is -0.492. The molecule has 0 saturated carbocycles. The fourth-order valence-corrected chi connectivity index (χ4v) is 4.06. The molecule has 4 nitrogen and oxygen atoms in total. The van der Waals surface area contributed by atoms with Crippen molar-refractivity contribution in [2.45, 2.75) is 38.7 Å². The lowest BCUT2D eigenvalue weighted by molar-refractivity contribution is -0.144. The van der Waals surface area contributed by atoms with E-state index in [4.69, 9.17) is 4.74 Å². The molecule has 0 bridgehead atoms. The van der Waals surface area contributed by atoms with E-state index < -0.39 is 5.97 Å². The van der Waals surface area contributed by atoms with Crippen molar-refractivity contribution in [3.05, 3.63) is 52.7 Å². The third-order valence-electron chi connectivity index (χ3n) is 5.11. The molecule has 0 fully saturated rings. The molecule has 3 aliphatic rings. The van der Waals surface area contributed by atoms with Crippen LogP contribution in [0.1, 0.15) is 32.8 Å². The van der Waals surface area contributed by atoms with Crippen LogP contribution in [0.2, 0.25) is 0 Å². The van der Waals surface area contributed by atoms with Gasteiger partial charge in [-0.25, -0.2) is 4.79 Å². The van der Waals surface area contributed by atoms with Gasteiger partial charge in [-0.15, -0.1) is 0 Å². The number of benzene rings is 1. The number of carbonyl (C=O) groups excluding carboxylic acids is 2. The topological polar surface area (TPSA) is 46.6 Å². The van der Waals surface area contributed by atoms with Gasteiger partial charge >= 0.3 is 5.97 Å². The number of allylic oxidation sites excluding steroid dienone is 1. The summed E-state index contributed by atoms with van der Waals surface area (Å²) in [6.07, 6.45) is 2.26. The number of ether oxygens (including phenoxy) is 1. The molecule has 4 heteroatoms. The summed E-state index contributed by atoms with van der Waals surface area (Å²) in [5.41, 5.74) is 4.60. The molecule has 118 valence electrons. The molecule has 0 aromatic heterocycles. The molecule has 1 aromatic carbocycles. The number of anilines is 1. The summed E-state index contributed by atoms with van der Waals surface area (Å²) in [4.78, 5) is 26.1. The van der Waals surface area contributed by atoms with Crippen molar-refractivity contribution >= 4 is 17.4 Å². The molecule has 0 N–H and O–H groups in total. The van der Waals surface area contributed by atoms with Crippen LogP contribution in [-0.2, 0) is 19.7 Å². The van der Waals surface area contributed by atoms with E-state index in [9.17, 15) is 9.59 Å². The SMILES string of the molecule is CC(=O)C1=CC2=C3N(CCC2OC1=O)c1ccccc1C3(C)C. The maximum Gasteiger partial charge on any atom is 0.342 e. The number of hydrogen-bond acceptors (Lipinski definition) is 4. The largest absolute Gasteiger partial charge is 0.454 e. The van der Waals surface area contributed by atoms with Gasteiger partial charge in [0.05, 0.1) is 0 Å². The summed E-state index contributed by atoms with van der Waals surface area (Å²) in [5.74, 6) is -0.736. The third kappa shape index (κ3) is 1.84. The van der Waals surface area contributed by atoms with E-state index in [1.54, 1.807) is 6.08 Å². The summed E-state index contributed by atoms with van der Waals surface area (Å²) in [7, 11) is 0. The first-order chi connectivity index (χ1) is 10.9. The van der Waals surface area contributed by atoms with Gasteiger partial charge in [-0.1, -0.05) is 32.0 Å². The van der Waals surface area contributed by atoms with Gasteiger partial charge in [0.2, 0.25) is 0 Å². The quantitative estimate of drug-likeness (QED) is 0.591. The highest BCUT2D eigenvalue weighted by atomic mass is 16.5. The lowest BCUT2D eigenvalue weighted by atomic mass is 9.79. The van der Waals surface area contributed by atoms with Crippen molar-refractivity contribution < 1.29 is 14.3 Å². The Morgan fingerprint density at radius 3 is 2.78 bits per heavy atom. The molecule has 23 heavy (non-hydrogen) atoms. The molecule has 0 saturated heterocycles. The average molecular weight is 309 g/mol. The third-order valence-corrected chi connectivity index (χ3v) is 5.11. The average Bonchev–Trinajstić information content (AvgIpc) is 2.75. The number of fused-ring (bicyclic) bond motifs is 4. The summed E-state index contributed by atoms with van der Waals surface area (Å²) in [5, 5.41) is 0. The Hall–Kier alpha value is -2.36. The van der Waals surface area contributed by atoms with E-state index >= 15 is 0 Å². The smallest absolute Gasteiger partial charge is 0.342 e. The van der Waals surface area contributed by atoms with Crippen molar-refractivity contribution in [1.82, 2.24) is 0 Å². The highest BCUT2D eigenvalue weighted by molar-refractivity contribution is 6.17. The van der Waals surface area contributed by atoms with Crippen LogP contribution in [0.15, 0.2) is 47.2 Å². The molecule has 0 spiro atoms. The Balaban J connectivity index is 1.97. The molecule has 3 aliphatic heterocycles. The molecule has 0 radical (unpaired) electrons. The molecule has 1 atom stereocenters. The first kappa shape index (κ1) is 14.2. The van der Waals surface area contributed by atoms with Gasteiger partial charge in [-0.2, -0.15) is 0 Å². The number of esters is 1. The highest BCUT2D eigenvalue weighted by Crippen LogP contribution is 2.51. The van der Waals surface area contributed by atoms with Crippen LogP contribution < -0.4 is 4.90 Å². The van der Waals surface area contributed by atoms with Gasteiger partial charge in [0.25, 0.3) is 0 Å². The fraction of sp³-hybridized carbons (Fsp3) is 0.368. The van der Waals surface area contributed by atoms with E-state index in [1.165, 1.54) is 18.2 Å². The van der Waals surface area contributed by atoms with Gasteiger partial charge in [0.1, 0.15) is 11.7 Å². The van der Waals surface area contributed by atoms with Crippen molar-refractivity contribution in [2.75, 3.05) is 11.4 Å². The van der Waals surface area contributed by atoms with Gasteiger partial charge < -0.3 is 9.64 Å². The monoisotopic (exact) mass is 309 g/mol. The first-order valence-corrected chi connectivity index (χ1v) is 7.96. The van der Waals surface area contributed by atoms with Gasteiger partial charge in [-0.3, -0.25) is 4.79 Å². The maximum atomic E-state index is 12.0. The number of para-hydroxylation sites is 1. The zero-order valence-corrected chi connectivity index (χ0v) is 13.6. The Kier molecular flexibility index (Phi) is 2.83. The van der Waals surface area contributed by atoms with Crippen LogP contribution >= 0.6 is 0 Å². The molecular weight excluding hydrogens is 290 g/mol. The van der Waals surface area contributed by atoms with Gasteiger partial charge in [-0.05, 0) is 24.6 Å². The minimum absolute atomic E-state index is 0.150. The second kappa shape index (κ2) is 4.57. The van der Waals surface area contributed by atoms with Crippen LogP contribution in [0.4, 0.5) is 5.69 Å². The molecule has 1 aromatic rings. The fourth-order valence-electron chi connectivity index (χ4n) is 4.06. The van der Waals surface area contributed by atoms with Crippen molar-refractivity contribution in [2.24, 2.45) is 0 Å². The lowest BCUT2D eigenvalue weighted by Crippen LogP contribution is -2.41. The normalized spacial score (nSPS) is 24.5. The molecule has 3 heterocycles. The Morgan fingerprint density at radius 1 is 1.30 bits per heavy atom. The highest BCUT2D eigenvalue weighted by Gasteiger charge is 2.46. The number of Topliss-reactive ketones (excluding diaryl/α,β-unsaturated/α-hetero) is 1. The zero-order chi connectivity index (χ0) is 16.4. The van der Waals surface area contributed by atoms with E-state index in [1.807, 2.05) is 6.07 Å². The van der Waals surface area contributed by atoms with Crippen LogP contribution in [0.5, 0.6) is 0 Å². The van der Waals surface area contributed by atoms with Gasteiger partial charge in [0, 0.05) is 35.3 Å². The number of rotatable bonds is 1. The predicted octanol–water partition coefficient (Wildman–Crippen LogP) is 2.88. The summed E-state index contributed by atoms with van der Waals surface area (Å²) < 4.78 is 5.55. The maximum absolute atomic E-state index is 12.0. The number of carbonyl (C=O) groups is 2. The van der Waals surface area contributed by atoms with Gasteiger partial charge in [0.15, 0.2) is 5.78 Å². The van der Waals surface area contributed by atoms with Crippen LogP contribution in [0.25, 0.3) is 0 Å². The number of hydrogen-bond donors (Lipinski definition) is 0. The summed E-state index contributed by atoms with van der Waals surface area (Å²) in [6.45, 7) is 6.61. The lowest BCUT2D eigenvalue weighted by Gasteiger charge is -2.38. The molecule has 4 rings (SSSR count). The molecule has 1 unspecified atom stereocenters. The first-order valence-electron chi connectivity index (χ1n) is 7.96. The number of nitrogens with zero attached hydrogens (tertiary/aromatic N) is 1. The minimum Gasteiger partial charge on any atom is -0.454 e. The number of ketones is 1. The van der Waals surface area contributed by atoms with Crippen molar-refractivity contribution in [1.29, 1.82) is 0 Å². The van der Waals surface area contributed by atoms with E-state index in [2.05, 4.69) is 36.9 Å². The van der Waals surface area contributed by atoms with E-state index in [-0.39, 0.29) is 22.9 Å². The Morgan fingerprint density at radius 2 is 2.04 bits per heavy atom. The van der Waals surface area contributed by atoms with Crippen LogP contribution in [0, 0.1) is 0 Å². The second-order valence-corrected chi connectivity index (χ2v) is 6.89. The molecule has 0 amide bonds. The molecule has 0 aliphatic carbocycles.